The normalized spacial score (nSPS) is 10.8. The SMILES string of the molecule is C=C(C)C(=O)OCC(O)CN(CC(=O)[O-])CC(=O)[O-].[Na+].[Na+]. The van der Waals surface area contributed by atoms with Crippen LogP contribution in [0, 0.1) is 0 Å². The first-order valence-corrected chi connectivity index (χ1v) is 5.35. The number of aliphatic hydroxyl groups is 1. The number of carboxylic acid groups (broad SMARTS) is 2. The van der Waals surface area contributed by atoms with Crippen LogP contribution in [0.2, 0.25) is 0 Å². The number of aliphatic carboxylic acids is 2. The molecule has 0 aromatic rings. The number of aliphatic hydroxyl groups excluding tert-OH is 1. The molecule has 1 N–H and O–H groups in total. The molecule has 21 heavy (non-hydrogen) atoms. The van der Waals surface area contributed by atoms with Crippen LogP contribution in [0.25, 0.3) is 0 Å². The number of carbonyl (C=O) groups excluding carboxylic acids is 3. The Hall–Kier alpha value is 0.0700. The fourth-order valence-corrected chi connectivity index (χ4v) is 1.20. The van der Waals surface area contributed by atoms with Crippen molar-refractivity contribution in [3.8, 4) is 0 Å². The van der Waals surface area contributed by atoms with E-state index in [1.807, 2.05) is 0 Å². The van der Waals surface area contributed by atoms with Crippen LogP contribution < -0.4 is 69.3 Å². The van der Waals surface area contributed by atoms with Crippen LogP contribution in [0.1, 0.15) is 6.92 Å². The Morgan fingerprint density at radius 1 is 1.19 bits per heavy atom. The number of rotatable bonds is 9. The smallest absolute Gasteiger partial charge is 0.549 e. The third-order valence-corrected chi connectivity index (χ3v) is 1.93. The molecule has 0 rings (SSSR count). The van der Waals surface area contributed by atoms with Gasteiger partial charge in [0, 0.05) is 25.2 Å². The minimum atomic E-state index is -1.49. The predicted octanol–water partition coefficient (Wildman–Crippen LogP) is -9.72. The molecule has 10 heteroatoms. The molecule has 0 amide bonds. The molecule has 8 nitrogen and oxygen atoms in total. The zero-order valence-electron chi connectivity index (χ0n) is 12.5. The van der Waals surface area contributed by atoms with Gasteiger partial charge >= 0.3 is 65.1 Å². The minimum absolute atomic E-state index is 0. The second-order valence-electron chi connectivity index (χ2n) is 3.95. The minimum Gasteiger partial charge on any atom is -0.549 e. The maximum absolute atomic E-state index is 11.0. The summed E-state index contributed by atoms with van der Waals surface area (Å²) in [4.78, 5) is 32.7. The summed E-state index contributed by atoms with van der Waals surface area (Å²) in [6.07, 6.45) is -1.23. The summed E-state index contributed by atoms with van der Waals surface area (Å²) in [6.45, 7) is 2.68. The van der Waals surface area contributed by atoms with Gasteiger partial charge in [-0.1, -0.05) is 6.58 Å². The van der Waals surface area contributed by atoms with E-state index in [0.717, 1.165) is 4.90 Å². The molecule has 0 aliphatic carbocycles. The summed E-state index contributed by atoms with van der Waals surface area (Å²) in [5, 5.41) is 30.3. The van der Waals surface area contributed by atoms with Gasteiger partial charge in [0.2, 0.25) is 0 Å². The van der Waals surface area contributed by atoms with E-state index < -0.39 is 43.7 Å². The van der Waals surface area contributed by atoms with Crippen molar-refractivity contribution >= 4 is 17.9 Å². The van der Waals surface area contributed by atoms with E-state index >= 15 is 0 Å². The van der Waals surface area contributed by atoms with Gasteiger partial charge in [-0.15, -0.1) is 0 Å². The summed E-state index contributed by atoms with van der Waals surface area (Å²) in [6, 6.07) is 0. The molecule has 0 aromatic heterocycles. The van der Waals surface area contributed by atoms with Crippen molar-refractivity contribution < 1.29 is 93.6 Å². The third kappa shape index (κ3) is 14.8. The standard InChI is InChI=1S/C11H17NO7.2Na/c1-7(2)11(18)19-6-8(13)3-12(4-9(14)15)5-10(16)17;;/h8,13H,1,3-6H2,2H3,(H,14,15)(H,16,17);;/q;2*+1/p-2. The van der Waals surface area contributed by atoms with Crippen LogP contribution in [0.3, 0.4) is 0 Å². The van der Waals surface area contributed by atoms with Crippen molar-refractivity contribution in [2.75, 3.05) is 26.2 Å². The second-order valence-corrected chi connectivity index (χ2v) is 3.95. The quantitative estimate of drug-likeness (QED) is 0.252. The molecule has 0 fully saturated rings. The van der Waals surface area contributed by atoms with Crippen molar-refractivity contribution in [2.24, 2.45) is 0 Å². The van der Waals surface area contributed by atoms with Crippen LogP contribution in [0.15, 0.2) is 12.2 Å². The molecule has 0 aromatic carbocycles. The van der Waals surface area contributed by atoms with Gasteiger partial charge in [0.25, 0.3) is 0 Å². The molecule has 1 unspecified atom stereocenters. The Balaban J connectivity index is -0.00000162. The van der Waals surface area contributed by atoms with Gasteiger partial charge in [-0.2, -0.15) is 0 Å². The molecule has 0 spiro atoms. The average molecular weight is 319 g/mol. The van der Waals surface area contributed by atoms with Crippen molar-refractivity contribution in [1.82, 2.24) is 4.90 Å². The maximum atomic E-state index is 11.0. The topological polar surface area (TPSA) is 130 Å². The van der Waals surface area contributed by atoms with Crippen LogP contribution in [-0.4, -0.2) is 60.3 Å². The monoisotopic (exact) mass is 319 g/mol. The van der Waals surface area contributed by atoms with Gasteiger partial charge in [0.05, 0.1) is 11.9 Å². The molecular formula is C11H15NNa2O7. The van der Waals surface area contributed by atoms with E-state index in [0.29, 0.717) is 0 Å². The molecule has 0 heterocycles. The Morgan fingerprint density at radius 3 is 1.95 bits per heavy atom. The molecule has 108 valence electrons. The number of hydrogen-bond donors (Lipinski definition) is 1. The van der Waals surface area contributed by atoms with Crippen LogP contribution >= 0.6 is 0 Å². The van der Waals surface area contributed by atoms with E-state index in [9.17, 15) is 29.7 Å². The molecule has 1 atom stereocenters. The molecule has 0 saturated carbocycles. The Labute approximate surface area is 166 Å². The number of hydrogen-bond acceptors (Lipinski definition) is 8. The molecule has 0 bridgehead atoms. The summed E-state index contributed by atoms with van der Waals surface area (Å²) in [5.74, 6) is -3.69. The van der Waals surface area contributed by atoms with E-state index in [1.54, 1.807) is 0 Å². The fourth-order valence-electron chi connectivity index (χ4n) is 1.20. The second kappa shape index (κ2) is 13.7. The Morgan fingerprint density at radius 2 is 1.62 bits per heavy atom. The van der Waals surface area contributed by atoms with Gasteiger partial charge in [-0.3, -0.25) is 4.90 Å². The van der Waals surface area contributed by atoms with Crippen LogP contribution in [-0.2, 0) is 19.1 Å². The zero-order chi connectivity index (χ0) is 15.0. The Kier molecular flexibility index (Phi) is 17.0. The van der Waals surface area contributed by atoms with Gasteiger partial charge < -0.3 is 29.6 Å². The first-order chi connectivity index (χ1) is 8.72. The van der Waals surface area contributed by atoms with Crippen molar-refractivity contribution in [1.29, 1.82) is 0 Å². The van der Waals surface area contributed by atoms with E-state index in [2.05, 4.69) is 11.3 Å². The summed E-state index contributed by atoms with van der Waals surface area (Å²) < 4.78 is 4.63. The number of carboxylic acids is 2. The van der Waals surface area contributed by atoms with E-state index in [1.165, 1.54) is 6.92 Å². The van der Waals surface area contributed by atoms with Crippen LogP contribution in [0.4, 0.5) is 0 Å². The first kappa shape index (κ1) is 26.0. The predicted molar refractivity (Wildman–Crippen MR) is 58.2 cm³/mol. The van der Waals surface area contributed by atoms with Crippen LogP contribution in [0.5, 0.6) is 0 Å². The van der Waals surface area contributed by atoms with Crippen molar-refractivity contribution in [3.63, 3.8) is 0 Å². The maximum Gasteiger partial charge on any atom is 1.00 e. The van der Waals surface area contributed by atoms with Crippen molar-refractivity contribution in [2.45, 2.75) is 13.0 Å². The number of ether oxygens (including phenoxy) is 1. The zero-order valence-corrected chi connectivity index (χ0v) is 16.5. The molecule has 0 saturated heterocycles. The molecule has 0 radical (unpaired) electrons. The summed E-state index contributed by atoms with van der Waals surface area (Å²) in [7, 11) is 0. The largest absolute Gasteiger partial charge is 1.00 e. The van der Waals surface area contributed by atoms with E-state index in [-0.39, 0.29) is 71.2 Å². The molecule has 0 aliphatic rings. The fraction of sp³-hybridized carbons (Fsp3) is 0.545. The molecular weight excluding hydrogens is 304 g/mol. The third-order valence-electron chi connectivity index (χ3n) is 1.93. The Bertz CT molecular complexity index is 360. The number of carbonyl (C=O) groups is 3. The average Bonchev–Trinajstić information content (AvgIpc) is 2.23. The van der Waals surface area contributed by atoms with Gasteiger partial charge in [0.15, 0.2) is 0 Å². The molecule has 0 aliphatic heterocycles. The van der Waals surface area contributed by atoms with E-state index in [4.69, 9.17) is 0 Å². The summed E-state index contributed by atoms with van der Waals surface area (Å²) in [5.41, 5.74) is 0.147. The summed E-state index contributed by atoms with van der Waals surface area (Å²) >= 11 is 0. The number of nitrogens with zero attached hydrogens (tertiary/aromatic N) is 1. The van der Waals surface area contributed by atoms with Gasteiger partial charge in [0.1, 0.15) is 12.7 Å². The van der Waals surface area contributed by atoms with Gasteiger partial charge in [-0.25, -0.2) is 4.79 Å². The first-order valence-electron chi connectivity index (χ1n) is 5.35. The number of esters is 1. The van der Waals surface area contributed by atoms with Gasteiger partial charge in [-0.05, 0) is 6.92 Å². The van der Waals surface area contributed by atoms with Crippen molar-refractivity contribution in [3.05, 3.63) is 12.2 Å².